The third-order valence-corrected chi connectivity index (χ3v) is 3.91. The molecule has 0 heterocycles. The van der Waals surface area contributed by atoms with Crippen molar-refractivity contribution in [1.82, 2.24) is 0 Å². The molecule has 0 radical (unpaired) electrons. The number of ether oxygens (including phenoxy) is 1. The molecule has 2 aromatic rings. The Morgan fingerprint density at radius 2 is 1.90 bits per heavy atom. The van der Waals surface area contributed by atoms with Crippen LogP contribution in [0.4, 0.5) is 0 Å². The van der Waals surface area contributed by atoms with Gasteiger partial charge < -0.3 is 9.84 Å². The van der Waals surface area contributed by atoms with Gasteiger partial charge in [-0.05, 0) is 47.2 Å². The van der Waals surface area contributed by atoms with Crippen molar-refractivity contribution in [3.05, 3.63) is 53.6 Å². The normalized spacial score (nSPS) is 16.7. The first-order valence-corrected chi connectivity index (χ1v) is 6.75. The molecule has 1 unspecified atom stereocenters. The highest BCUT2D eigenvalue weighted by atomic mass is 16.5. The van der Waals surface area contributed by atoms with Crippen LogP contribution >= 0.6 is 0 Å². The van der Waals surface area contributed by atoms with Crippen LogP contribution in [0.3, 0.4) is 0 Å². The fraction of sp³-hybridized carbons (Fsp3) is 0.235. The van der Waals surface area contributed by atoms with Crippen molar-refractivity contribution < 1.29 is 14.6 Å². The lowest BCUT2D eigenvalue weighted by Gasteiger charge is -2.12. The van der Waals surface area contributed by atoms with Gasteiger partial charge in [0.2, 0.25) is 0 Å². The second-order valence-corrected chi connectivity index (χ2v) is 5.13. The number of carbonyl (C=O) groups excluding carboxylic acids is 1. The van der Waals surface area contributed by atoms with E-state index in [1.807, 2.05) is 12.1 Å². The third kappa shape index (κ3) is 2.39. The van der Waals surface area contributed by atoms with Crippen molar-refractivity contribution in [3.63, 3.8) is 0 Å². The highest BCUT2D eigenvalue weighted by Gasteiger charge is 2.23. The van der Waals surface area contributed by atoms with Crippen molar-refractivity contribution in [1.29, 1.82) is 0 Å². The van der Waals surface area contributed by atoms with Gasteiger partial charge in [0.15, 0.2) is 0 Å². The van der Waals surface area contributed by atoms with E-state index in [0.29, 0.717) is 19.0 Å². The molecule has 0 saturated carbocycles. The second-order valence-electron chi connectivity index (χ2n) is 5.13. The van der Waals surface area contributed by atoms with Crippen molar-refractivity contribution in [2.45, 2.75) is 18.8 Å². The summed E-state index contributed by atoms with van der Waals surface area (Å²) < 4.78 is 4.92. The van der Waals surface area contributed by atoms with Crippen LogP contribution < -0.4 is 0 Å². The van der Waals surface area contributed by atoms with E-state index in [0.717, 1.165) is 24.0 Å². The Morgan fingerprint density at radius 1 is 1.15 bits per heavy atom. The lowest BCUT2D eigenvalue weighted by atomic mass is 9.96. The summed E-state index contributed by atoms with van der Waals surface area (Å²) >= 11 is 0. The van der Waals surface area contributed by atoms with E-state index in [4.69, 9.17) is 4.74 Å². The number of hydrogen-bond donors (Lipinski definition) is 1. The van der Waals surface area contributed by atoms with Crippen LogP contribution in [-0.2, 0) is 16.0 Å². The first-order chi connectivity index (χ1) is 9.78. The highest BCUT2D eigenvalue weighted by Crippen LogP contribution is 2.36. The van der Waals surface area contributed by atoms with Gasteiger partial charge in [-0.15, -0.1) is 0 Å². The van der Waals surface area contributed by atoms with Crippen LogP contribution in [0, 0.1) is 0 Å². The maximum atomic E-state index is 10.3. The van der Waals surface area contributed by atoms with Crippen molar-refractivity contribution in [2.24, 2.45) is 0 Å². The van der Waals surface area contributed by atoms with Crippen LogP contribution in [-0.4, -0.2) is 18.2 Å². The molecule has 102 valence electrons. The van der Waals surface area contributed by atoms with Crippen molar-refractivity contribution in [3.8, 4) is 16.9 Å². The molecule has 0 amide bonds. The Kier molecular flexibility index (Phi) is 3.42. The Labute approximate surface area is 117 Å². The van der Waals surface area contributed by atoms with Crippen LogP contribution in [0.5, 0.6) is 5.75 Å². The minimum atomic E-state index is 0.271. The number of aryl methyl sites for hydroxylation is 1. The number of hydrogen-bond acceptors (Lipinski definition) is 3. The smallest absolute Gasteiger partial charge is 0.293 e. The number of benzene rings is 2. The summed E-state index contributed by atoms with van der Waals surface area (Å²) in [6, 6.07) is 13.6. The predicted molar refractivity (Wildman–Crippen MR) is 76.6 cm³/mol. The van der Waals surface area contributed by atoms with E-state index in [1.165, 1.54) is 11.1 Å². The summed E-state index contributed by atoms with van der Waals surface area (Å²) in [5.41, 5.74) is 4.82. The average molecular weight is 268 g/mol. The Hall–Kier alpha value is -2.29. The fourth-order valence-electron chi connectivity index (χ4n) is 2.85. The van der Waals surface area contributed by atoms with Gasteiger partial charge in [-0.25, -0.2) is 0 Å². The zero-order valence-corrected chi connectivity index (χ0v) is 11.1. The van der Waals surface area contributed by atoms with Crippen molar-refractivity contribution >= 4 is 6.47 Å². The molecule has 0 spiro atoms. The number of phenols is 1. The Balaban J connectivity index is 1.92. The molecule has 1 aliphatic rings. The highest BCUT2D eigenvalue weighted by molar-refractivity contribution is 5.66. The largest absolute Gasteiger partial charge is 0.508 e. The zero-order valence-electron chi connectivity index (χ0n) is 11.1. The molecule has 0 aliphatic heterocycles. The van der Waals surface area contributed by atoms with E-state index in [2.05, 4.69) is 18.2 Å². The lowest BCUT2D eigenvalue weighted by Crippen LogP contribution is -2.03. The predicted octanol–water partition coefficient (Wildman–Crippen LogP) is 3.26. The molecule has 3 rings (SSSR count). The fourth-order valence-corrected chi connectivity index (χ4v) is 2.85. The Bertz CT molecular complexity index is 617. The van der Waals surface area contributed by atoms with Crippen LogP contribution in [0.2, 0.25) is 0 Å². The summed E-state index contributed by atoms with van der Waals surface area (Å²) in [5.74, 6) is 0.569. The summed E-state index contributed by atoms with van der Waals surface area (Å²) in [6.07, 6.45) is 2.07. The van der Waals surface area contributed by atoms with E-state index in [9.17, 15) is 9.90 Å². The maximum Gasteiger partial charge on any atom is 0.293 e. The molecule has 0 aromatic heterocycles. The maximum absolute atomic E-state index is 10.3. The molecule has 1 atom stereocenters. The Morgan fingerprint density at radius 3 is 2.65 bits per heavy atom. The quantitative estimate of drug-likeness (QED) is 0.866. The number of phenolic OH excluding ortho intramolecular Hbond substituents is 1. The average Bonchev–Trinajstić information content (AvgIpc) is 2.88. The molecule has 2 aromatic carbocycles. The molecule has 0 saturated heterocycles. The van der Waals surface area contributed by atoms with Crippen LogP contribution in [0.15, 0.2) is 42.5 Å². The van der Waals surface area contributed by atoms with Crippen molar-refractivity contribution in [2.75, 3.05) is 6.61 Å². The standard InChI is InChI=1S/C17H16O3/c18-11-20-10-15-4-2-13-1-3-14(9-17(13)15)12-5-7-16(19)8-6-12/h1,3,5-9,11,15,19H,2,4,10H2. The summed E-state index contributed by atoms with van der Waals surface area (Å²) in [4.78, 5) is 10.3. The molecule has 1 aliphatic carbocycles. The van der Waals surface area contributed by atoms with E-state index >= 15 is 0 Å². The van der Waals surface area contributed by atoms with Gasteiger partial charge in [-0.2, -0.15) is 0 Å². The topological polar surface area (TPSA) is 46.5 Å². The number of aromatic hydroxyl groups is 1. The molecular weight excluding hydrogens is 252 g/mol. The molecular formula is C17H16O3. The molecule has 1 N–H and O–H groups in total. The number of carbonyl (C=O) groups is 1. The van der Waals surface area contributed by atoms with Gasteiger partial charge in [0, 0.05) is 5.92 Å². The summed E-state index contributed by atoms with van der Waals surface area (Å²) in [7, 11) is 0. The lowest BCUT2D eigenvalue weighted by molar-refractivity contribution is -0.129. The molecule has 0 bridgehead atoms. The molecule has 20 heavy (non-hydrogen) atoms. The van der Waals surface area contributed by atoms with Gasteiger partial charge in [-0.3, -0.25) is 4.79 Å². The second kappa shape index (κ2) is 5.37. The monoisotopic (exact) mass is 268 g/mol. The summed E-state index contributed by atoms with van der Waals surface area (Å²) in [6.45, 7) is 0.970. The van der Waals surface area contributed by atoms with Gasteiger partial charge in [-0.1, -0.05) is 30.3 Å². The van der Waals surface area contributed by atoms with Gasteiger partial charge in [0.1, 0.15) is 5.75 Å². The number of rotatable bonds is 4. The van der Waals surface area contributed by atoms with Crippen LogP contribution in [0.25, 0.3) is 11.1 Å². The van der Waals surface area contributed by atoms with E-state index in [-0.39, 0.29) is 5.75 Å². The van der Waals surface area contributed by atoms with Gasteiger partial charge in [0.25, 0.3) is 6.47 Å². The van der Waals surface area contributed by atoms with Gasteiger partial charge in [0.05, 0.1) is 6.61 Å². The minimum Gasteiger partial charge on any atom is -0.508 e. The SMILES string of the molecule is O=COCC1CCc2ccc(-c3ccc(O)cc3)cc21. The first kappa shape index (κ1) is 12.7. The molecule has 3 nitrogen and oxygen atoms in total. The summed E-state index contributed by atoms with van der Waals surface area (Å²) in [5, 5.41) is 9.35. The van der Waals surface area contributed by atoms with Crippen LogP contribution in [0.1, 0.15) is 23.5 Å². The molecule has 3 heteroatoms. The van der Waals surface area contributed by atoms with E-state index < -0.39 is 0 Å². The van der Waals surface area contributed by atoms with E-state index in [1.54, 1.807) is 12.1 Å². The zero-order chi connectivity index (χ0) is 13.9. The molecule has 0 fully saturated rings. The number of fused-ring (bicyclic) bond motifs is 1. The minimum absolute atomic E-state index is 0.271. The third-order valence-electron chi connectivity index (χ3n) is 3.91. The van der Waals surface area contributed by atoms with Gasteiger partial charge >= 0.3 is 0 Å². The first-order valence-electron chi connectivity index (χ1n) is 6.75.